The number of hydrogen-bond donors (Lipinski definition) is 2. The minimum Gasteiger partial charge on any atom is -0.488 e. The van der Waals surface area contributed by atoms with E-state index in [1.165, 1.54) is 49.5 Å². The number of benzene rings is 1. The van der Waals surface area contributed by atoms with Gasteiger partial charge in [-0.25, -0.2) is 9.37 Å². The van der Waals surface area contributed by atoms with Crippen LogP contribution in [0.4, 0.5) is 4.39 Å². The van der Waals surface area contributed by atoms with Gasteiger partial charge in [0.25, 0.3) is 0 Å². The molecule has 27 heavy (non-hydrogen) atoms. The Morgan fingerprint density at radius 3 is 2.63 bits per heavy atom. The van der Waals surface area contributed by atoms with Gasteiger partial charge in [-0.1, -0.05) is 43.7 Å². The van der Waals surface area contributed by atoms with Gasteiger partial charge in [0.1, 0.15) is 6.61 Å². The molecule has 1 aliphatic carbocycles. The van der Waals surface area contributed by atoms with Crippen molar-refractivity contribution in [3.05, 3.63) is 33.4 Å². The minimum atomic E-state index is -0.388. The molecule has 0 radical (unpaired) electrons. The largest absolute Gasteiger partial charge is 0.488 e. The molecule has 0 amide bonds. The van der Waals surface area contributed by atoms with Crippen LogP contribution in [-0.4, -0.2) is 25.3 Å². The molecule has 1 heterocycles. The maximum atomic E-state index is 14.3. The van der Waals surface area contributed by atoms with Gasteiger partial charge in [-0.15, -0.1) is 34.7 Å². The molecule has 1 fully saturated rings. The SMILES string of the molecule is COCCOc1ccc(-c2nc(Cl)sc2CC2CCCCC2)cc1F.SS. The summed E-state index contributed by atoms with van der Waals surface area (Å²) in [6.45, 7) is 0.747. The third-order valence-corrected chi connectivity index (χ3v) is 5.80. The lowest BCUT2D eigenvalue weighted by Crippen LogP contribution is -2.09. The Kier molecular flexibility index (Phi) is 10.3. The number of methoxy groups -OCH3 is 1. The average molecular weight is 450 g/mol. The summed E-state index contributed by atoms with van der Waals surface area (Å²) >= 11 is 14.1. The van der Waals surface area contributed by atoms with Crippen LogP contribution in [0.1, 0.15) is 37.0 Å². The van der Waals surface area contributed by atoms with E-state index in [1.807, 2.05) is 6.07 Å². The van der Waals surface area contributed by atoms with E-state index < -0.39 is 0 Å². The molecular weight excluding hydrogens is 425 g/mol. The summed E-state index contributed by atoms with van der Waals surface area (Å²) in [6, 6.07) is 4.98. The molecule has 3 nitrogen and oxygen atoms in total. The molecule has 3 rings (SSSR count). The van der Waals surface area contributed by atoms with Crippen LogP contribution in [0, 0.1) is 11.7 Å². The van der Waals surface area contributed by atoms with Crippen molar-refractivity contribution >= 4 is 46.3 Å². The van der Waals surface area contributed by atoms with Gasteiger partial charge in [0.05, 0.1) is 12.3 Å². The Balaban J connectivity index is 0.00000126. The molecule has 0 spiro atoms. The molecule has 0 unspecified atom stereocenters. The maximum absolute atomic E-state index is 14.3. The second-order valence-electron chi connectivity index (χ2n) is 6.43. The molecular formula is C19H25ClFNO2S3. The summed E-state index contributed by atoms with van der Waals surface area (Å²) in [5.41, 5.74) is 1.56. The third-order valence-electron chi connectivity index (χ3n) is 4.62. The number of rotatable bonds is 7. The van der Waals surface area contributed by atoms with E-state index in [1.54, 1.807) is 13.2 Å². The monoisotopic (exact) mass is 449 g/mol. The first-order valence-corrected chi connectivity index (χ1v) is 11.7. The minimum absolute atomic E-state index is 0.232. The summed E-state index contributed by atoms with van der Waals surface area (Å²) < 4.78 is 25.1. The van der Waals surface area contributed by atoms with E-state index in [0.717, 1.165) is 22.6 Å². The first kappa shape index (κ1) is 22.8. The lowest BCUT2D eigenvalue weighted by atomic mass is 9.86. The van der Waals surface area contributed by atoms with Crippen molar-refractivity contribution < 1.29 is 13.9 Å². The van der Waals surface area contributed by atoms with Crippen molar-refractivity contribution in [2.24, 2.45) is 5.92 Å². The highest BCUT2D eigenvalue weighted by Gasteiger charge is 2.20. The van der Waals surface area contributed by atoms with Crippen molar-refractivity contribution in [1.29, 1.82) is 0 Å². The van der Waals surface area contributed by atoms with Gasteiger partial charge >= 0.3 is 0 Å². The van der Waals surface area contributed by atoms with Crippen LogP contribution in [0.3, 0.4) is 0 Å². The van der Waals surface area contributed by atoms with Crippen molar-refractivity contribution in [1.82, 2.24) is 4.98 Å². The van der Waals surface area contributed by atoms with Gasteiger partial charge in [-0.05, 0) is 30.5 Å². The number of thiazole rings is 1. The van der Waals surface area contributed by atoms with Gasteiger partial charge in [-0.3, -0.25) is 0 Å². The Labute approximate surface area is 179 Å². The predicted octanol–water partition coefficient (Wildman–Crippen LogP) is 6.51. The number of nitrogens with zero attached hydrogens (tertiary/aromatic N) is 1. The normalized spacial score (nSPS) is 14.6. The maximum Gasteiger partial charge on any atom is 0.184 e. The van der Waals surface area contributed by atoms with Gasteiger partial charge in [-0.2, -0.15) is 0 Å². The Hall–Kier alpha value is -0.470. The summed E-state index contributed by atoms with van der Waals surface area (Å²) in [7, 11) is 1.59. The highest BCUT2D eigenvalue weighted by Crippen LogP contribution is 2.37. The second kappa shape index (κ2) is 12.2. The lowest BCUT2D eigenvalue weighted by molar-refractivity contribution is 0.144. The average Bonchev–Trinajstić information content (AvgIpc) is 3.06. The molecule has 1 saturated carbocycles. The van der Waals surface area contributed by atoms with Crippen LogP contribution >= 0.6 is 46.3 Å². The van der Waals surface area contributed by atoms with E-state index >= 15 is 0 Å². The Morgan fingerprint density at radius 1 is 1.22 bits per heavy atom. The first-order valence-electron chi connectivity index (χ1n) is 8.94. The number of hydrogen-bond acceptors (Lipinski definition) is 6. The first-order chi connectivity index (χ1) is 13.2. The van der Waals surface area contributed by atoms with Crippen molar-refractivity contribution in [2.75, 3.05) is 20.3 Å². The molecule has 150 valence electrons. The lowest BCUT2D eigenvalue weighted by Gasteiger charge is -2.21. The van der Waals surface area contributed by atoms with Crippen LogP contribution < -0.4 is 4.74 Å². The van der Waals surface area contributed by atoms with Crippen molar-refractivity contribution in [3.63, 3.8) is 0 Å². The summed E-state index contributed by atoms with van der Waals surface area (Å²) in [5.74, 6) is 0.530. The van der Waals surface area contributed by atoms with E-state index in [9.17, 15) is 4.39 Å². The summed E-state index contributed by atoms with van der Waals surface area (Å²) in [6.07, 6.45) is 7.44. The molecule has 0 N–H and O–H groups in total. The zero-order valence-corrected chi connectivity index (χ0v) is 18.6. The third kappa shape index (κ3) is 6.82. The highest BCUT2D eigenvalue weighted by molar-refractivity contribution is 8.59. The molecule has 0 aliphatic heterocycles. The number of halogens is 2. The summed E-state index contributed by atoms with van der Waals surface area (Å²) in [4.78, 5) is 5.61. The molecule has 0 bridgehead atoms. The molecule has 1 aromatic heterocycles. The van der Waals surface area contributed by atoms with Crippen LogP contribution in [0.25, 0.3) is 11.3 Å². The van der Waals surface area contributed by atoms with Crippen molar-refractivity contribution in [3.8, 4) is 17.0 Å². The Morgan fingerprint density at radius 2 is 1.96 bits per heavy atom. The van der Waals surface area contributed by atoms with E-state index in [4.69, 9.17) is 21.1 Å². The zero-order valence-electron chi connectivity index (χ0n) is 15.3. The van der Waals surface area contributed by atoms with Crippen LogP contribution in [0.2, 0.25) is 4.47 Å². The molecule has 8 heteroatoms. The standard InChI is InChI=1S/C19H23ClFNO2S.H2S2/c1-23-9-10-24-16-8-7-14(12-15(16)21)18-17(25-19(20)22-18)11-13-5-3-2-4-6-13;1-2/h7-8,12-13H,2-6,9-11H2,1H3;1-2H. The Bertz CT molecular complexity index is 708. The fourth-order valence-corrected chi connectivity index (χ4v) is 4.62. The predicted molar refractivity (Wildman–Crippen MR) is 118 cm³/mol. The van der Waals surface area contributed by atoms with Gasteiger partial charge in [0.15, 0.2) is 16.0 Å². The van der Waals surface area contributed by atoms with E-state index in [0.29, 0.717) is 23.6 Å². The van der Waals surface area contributed by atoms with Crippen molar-refractivity contribution in [2.45, 2.75) is 38.5 Å². The highest BCUT2D eigenvalue weighted by atomic mass is 35.5. The molecule has 0 saturated heterocycles. The number of ether oxygens (including phenoxy) is 2. The molecule has 2 aromatic rings. The summed E-state index contributed by atoms with van der Waals surface area (Å²) in [5, 5.41) is 0. The molecule has 1 aromatic carbocycles. The quantitative estimate of drug-likeness (QED) is 0.287. The zero-order chi connectivity index (χ0) is 19.6. The smallest absolute Gasteiger partial charge is 0.184 e. The van der Waals surface area contributed by atoms with Crippen LogP contribution in [0.5, 0.6) is 5.75 Å². The van der Waals surface area contributed by atoms with Gasteiger partial charge < -0.3 is 9.47 Å². The van der Waals surface area contributed by atoms with E-state index in [-0.39, 0.29) is 11.6 Å². The van der Waals surface area contributed by atoms with Gasteiger partial charge in [0.2, 0.25) is 0 Å². The fraction of sp³-hybridized carbons (Fsp3) is 0.526. The molecule has 0 atom stereocenters. The molecule has 1 aliphatic rings. The fourth-order valence-electron chi connectivity index (χ4n) is 3.34. The van der Waals surface area contributed by atoms with E-state index in [2.05, 4.69) is 28.3 Å². The second-order valence-corrected chi connectivity index (χ2v) is 8.10. The number of aromatic nitrogens is 1. The van der Waals surface area contributed by atoms with Crippen LogP contribution in [0.15, 0.2) is 18.2 Å². The number of thiol groups is 2. The van der Waals surface area contributed by atoms with Crippen LogP contribution in [-0.2, 0) is 11.2 Å². The van der Waals surface area contributed by atoms with Gasteiger partial charge in [0, 0.05) is 17.6 Å². The topological polar surface area (TPSA) is 31.4 Å².